The van der Waals surface area contributed by atoms with Crippen LogP contribution in [-0.4, -0.2) is 53.2 Å². The van der Waals surface area contributed by atoms with Gasteiger partial charge in [-0.3, -0.25) is 4.68 Å². The summed E-state index contributed by atoms with van der Waals surface area (Å²) >= 11 is 0. The van der Waals surface area contributed by atoms with Crippen LogP contribution >= 0.6 is 0 Å². The number of anilines is 1. The molecule has 3 rings (SSSR count). The Bertz CT molecular complexity index is 912. The number of rotatable bonds is 4. The molecule has 3 heterocycles. The molecule has 2 aromatic heterocycles. The van der Waals surface area contributed by atoms with Gasteiger partial charge >= 0.3 is 0 Å². The van der Waals surface area contributed by atoms with Gasteiger partial charge in [0.15, 0.2) is 0 Å². The maximum absolute atomic E-state index is 13.4. The van der Waals surface area contributed by atoms with E-state index < -0.39 is 16.0 Å². The van der Waals surface area contributed by atoms with Crippen LogP contribution in [0.25, 0.3) is 0 Å². The van der Waals surface area contributed by atoms with E-state index in [9.17, 15) is 12.8 Å². The zero-order valence-electron chi connectivity index (χ0n) is 15.5. The largest absolute Gasteiger partial charge is 0.351 e. The van der Waals surface area contributed by atoms with E-state index in [1.54, 1.807) is 30.7 Å². The first-order chi connectivity index (χ1) is 12.3. The number of piperazine rings is 1. The van der Waals surface area contributed by atoms with E-state index >= 15 is 0 Å². The molecule has 1 aliphatic rings. The highest BCUT2D eigenvalue weighted by atomic mass is 32.2. The molecule has 0 bridgehead atoms. The zero-order valence-corrected chi connectivity index (χ0v) is 16.3. The summed E-state index contributed by atoms with van der Waals surface area (Å²) in [5.41, 5.74) is 1.18. The third kappa shape index (κ3) is 3.21. The van der Waals surface area contributed by atoms with E-state index in [0.29, 0.717) is 48.3 Å². The molecule has 0 spiro atoms. The number of hydrogen-bond acceptors (Lipinski definition) is 5. The predicted octanol–water partition coefficient (Wildman–Crippen LogP) is 1.95. The minimum Gasteiger partial charge on any atom is -0.351 e. The molecule has 1 saturated heterocycles. The molecule has 9 heteroatoms. The van der Waals surface area contributed by atoms with Gasteiger partial charge in [-0.2, -0.15) is 13.8 Å². The van der Waals surface area contributed by atoms with Crippen LogP contribution < -0.4 is 4.90 Å². The van der Waals surface area contributed by atoms with E-state index in [-0.39, 0.29) is 6.04 Å². The third-order valence-electron chi connectivity index (χ3n) is 4.80. The lowest BCUT2D eigenvalue weighted by Crippen LogP contribution is -2.54. The fourth-order valence-corrected chi connectivity index (χ4v) is 5.42. The fraction of sp³-hybridized carbons (Fsp3) is 0.529. The molecule has 142 valence electrons. The second kappa shape index (κ2) is 6.96. The van der Waals surface area contributed by atoms with Gasteiger partial charge in [0, 0.05) is 32.2 Å². The highest BCUT2D eigenvalue weighted by Gasteiger charge is 2.36. The summed E-state index contributed by atoms with van der Waals surface area (Å²) in [6.45, 7) is 9.08. The standard InChI is InChI=1S/C17H24FN5O2S/c1-5-23-14(4)17(13(3)20-23)26(24,25)21-9-10-22(12(2)11-21)16-8-6-7-15(18)19-16/h6-8,12H,5,9-11H2,1-4H3. The molecule has 2 aromatic rings. The second-order valence-electron chi connectivity index (χ2n) is 6.54. The highest BCUT2D eigenvalue weighted by molar-refractivity contribution is 7.89. The molecular formula is C17H24FN5O2S. The summed E-state index contributed by atoms with van der Waals surface area (Å²) in [6.07, 6.45) is 0. The molecule has 0 radical (unpaired) electrons. The molecule has 0 aliphatic carbocycles. The molecule has 1 fully saturated rings. The van der Waals surface area contributed by atoms with Crippen molar-refractivity contribution in [2.45, 2.75) is 45.2 Å². The minimum absolute atomic E-state index is 0.116. The average molecular weight is 381 g/mol. The van der Waals surface area contributed by atoms with E-state index in [1.807, 2.05) is 18.7 Å². The second-order valence-corrected chi connectivity index (χ2v) is 8.41. The summed E-state index contributed by atoms with van der Waals surface area (Å²) in [5, 5.41) is 4.33. The van der Waals surface area contributed by atoms with Crippen molar-refractivity contribution in [1.29, 1.82) is 0 Å². The van der Waals surface area contributed by atoms with E-state index in [0.717, 1.165) is 0 Å². The number of aromatic nitrogens is 3. The number of aryl methyl sites for hydroxylation is 2. The first-order valence-corrected chi connectivity index (χ1v) is 10.1. The van der Waals surface area contributed by atoms with Crippen molar-refractivity contribution in [2.75, 3.05) is 24.5 Å². The van der Waals surface area contributed by atoms with Crippen LogP contribution in [0.1, 0.15) is 25.2 Å². The van der Waals surface area contributed by atoms with Gasteiger partial charge in [0.05, 0.1) is 11.4 Å². The van der Waals surface area contributed by atoms with Crippen molar-refractivity contribution >= 4 is 15.8 Å². The first-order valence-electron chi connectivity index (χ1n) is 8.69. The number of sulfonamides is 1. The van der Waals surface area contributed by atoms with Gasteiger partial charge in [0.1, 0.15) is 10.7 Å². The lowest BCUT2D eigenvalue weighted by atomic mass is 10.2. The molecule has 1 atom stereocenters. The Morgan fingerprint density at radius 3 is 2.58 bits per heavy atom. The first kappa shape index (κ1) is 18.8. The molecule has 0 amide bonds. The Hall–Kier alpha value is -2.00. The Kier molecular flexibility index (Phi) is 5.03. The number of hydrogen-bond donors (Lipinski definition) is 0. The monoisotopic (exact) mass is 381 g/mol. The van der Waals surface area contributed by atoms with Crippen LogP contribution in [0.3, 0.4) is 0 Å². The minimum atomic E-state index is -3.63. The van der Waals surface area contributed by atoms with Crippen LogP contribution in [-0.2, 0) is 16.6 Å². The Morgan fingerprint density at radius 1 is 1.27 bits per heavy atom. The highest BCUT2D eigenvalue weighted by Crippen LogP contribution is 2.27. The van der Waals surface area contributed by atoms with Gasteiger partial charge in [-0.25, -0.2) is 13.4 Å². The van der Waals surface area contributed by atoms with Gasteiger partial charge in [-0.1, -0.05) is 6.07 Å². The maximum Gasteiger partial charge on any atom is 0.246 e. The molecule has 1 aliphatic heterocycles. The molecule has 7 nitrogen and oxygen atoms in total. The zero-order chi connectivity index (χ0) is 19.1. The quantitative estimate of drug-likeness (QED) is 0.757. The number of halogens is 1. The lowest BCUT2D eigenvalue weighted by Gasteiger charge is -2.39. The summed E-state index contributed by atoms with van der Waals surface area (Å²) < 4.78 is 43.0. The van der Waals surface area contributed by atoms with Crippen molar-refractivity contribution in [3.63, 3.8) is 0 Å². The Balaban J connectivity index is 1.85. The van der Waals surface area contributed by atoms with Crippen LogP contribution in [0, 0.1) is 19.8 Å². The van der Waals surface area contributed by atoms with Gasteiger partial charge in [0.2, 0.25) is 16.0 Å². The van der Waals surface area contributed by atoms with Crippen molar-refractivity contribution in [1.82, 2.24) is 19.1 Å². The van der Waals surface area contributed by atoms with Crippen molar-refractivity contribution in [2.24, 2.45) is 0 Å². The fourth-order valence-electron chi connectivity index (χ4n) is 3.53. The third-order valence-corrected chi connectivity index (χ3v) is 6.92. The van der Waals surface area contributed by atoms with Gasteiger partial charge in [0.25, 0.3) is 0 Å². The average Bonchev–Trinajstić information content (AvgIpc) is 2.89. The van der Waals surface area contributed by atoms with E-state index in [2.05, 4.69) is 10.1 Å². The smallest absolute Gasteiger partial charge is 0.246 e. The van der Waals surface area contributed by atoms with Crippen LogP contribution in [0.2, 0.25) is 0 Å². The SMILES string of the molecule is CCn1nc(C)c(S(=O)(=O)N2CCN(c3cccc(F)n3)C(C)C2)c1C. The molecular weight excluding hydrogens is 357 g/mol. The topological polar surface area (TPSA) is 71.3 Å². The Morgan fingerprint density at radius 2 is 2.00 bits per heavy atom. The summed E-state index contributed by atoms with van der Waals surface area (Å²) in [6, 6.07) is 4.53. The van der Waals surface area contributed by atoms with E-state index in [4.69, 9.17) is 0 Å². The molecule has 0 saturated carbocycles. The predicted molar refractivity (Wildman–Crippen MR) is 97.1 cm³/mol. The van der Waals surface area contributed by atoms with Gasteiger partial charge in [-0.15, -0.1) is 0 Å². The Labute approximate surface area is 153 Å². The van der Waals surface area contributed by atoms with E-state index in [1.165, 1.54) is 10.4 Å². The summed E-state index contributed by atoms with van der Waals surface area (Å²) in [5.74, 6) is -0.0105. The molecule has 26 heavy (non-hydrogen) atoms. The molecule has 1 unspecified atom stereocenters. The van der Waals surface area contributed by atoms with Crippen molar-refractivity contribution in [3.05, 3.63) is 35.5 Å². The van der Waals surface area contributed by atoms with Crippen LogP contribution in [0.4, 0.5) is 10.2 Å². The van der Waals surface area contributed by atoms with Gasteiger partial charge in [-0.05, 0) is 39.8 Å². The normalized spacial score (nSPS) is 19.1. The molecule has 0 N–H and O–H groups in total. The van der Waals surface area contributed by atoms with Crippen molar-refractivity contribution < 1.29 is 12.8 Å². The maximum atomic E-state index is 13.4. The summed E-state index contributed by atoms with van der Waals surface area (Å²) in [7, 11) is -3.63. The lowest BCUT2D eigenvalue weighted by molar-refractivity contribution is 0.340. The van der Waals surface area contributed by atoms with Crippen molar-refractivity contribution in [3.8, 4) is 0 Å². The van der Waals surface area contributed by atoms with Crippen LogP contribution in [0.5, 0.6) is 0 Å². The summed E-state index contributed by atoms with van der Waals surface area (Å²) in [4.78, 5) is 6.14. The van der Waals surface area contributed by atoms with Crippen LogP contribution in [0.15, 0.2) is 23.1 Å². The van der Waals surface area contributed by atoms with Gasteiger partial charge < -0.3 is 4.90 Å². The number of nitrogens with zero attached hydrogens (tertiary/aromatic N) is 5. The number of pyridine rings is 1. The molecule has 0 aromatic carbocycles.